The number of halogens is 1. The van der Waals surface area contributed by atoms with Crippen molar-refractivity contribution in [3.63, 3.8) is 0 Å². The maximum absolute atomic E-state index is 6.30. The normalized spacial score (nSPS) is 21.8. The second kappa shape index (κ2) is 5.57. The highest BCUT2D eigenvalue weighted by Gasteiger charge is 2.36. The minimum Gasteiger partial charge on any atom is -0.378 e. The zero-order valence-corrected chi connectivity index (χ0v) is 11.8. The van der Waals surface area contributed by atoms with Crippen molar-refractivity contribution in [1.82, 2.24) is 4.90 Å². The van der Waals surface area contributed by atoms with Crippen molar-refractivity contribution in [2.45, 2.75) is 25.4 Å². The van der Waals surface area contributed by atoms with E-state index in [1.807, 2.05) is 18.2 Å². The minimum atomic E-state index is -0.0124. The van der Waals surface area contributed by atoms with Crippen LogP contribution in [-0.4, -0.2) is 36.7 Å². The van der Waals surface area contributed by atoms with Crippen molar-refractivity contribution in [2.24, 2.45) is 5.73 Å². The number of hydrogen-bond donors (Lipinski definition) is 1. The fourth-order valence-electron chi connectivity index (χ4n) is 2.62. The van der Waals surface area contributed by atoms with Crippen molar-refractivity contribution in [3.8, 4) is 0 Å². The molecule has 0 aromatic heterocycles. The summed E-state index contributed by atoms with van der Waals surface area (Å²) >= 11 is 6.30. The molecule has 3 nitrogen and oxygen atoms in total. The summed E-state index contributed by atoms with van der Waals surface area (Å²) in [6, 6.07) is 8.09. The summed E-state index contributed by atoms with van der Waals surface area (Å²) in [4.78, 5) is 2.40. The van der Waals surface area contributed by atoms with Gasteiger partial charge in [0.2, 0.25) is 0 Å². The molecule has 0 bridgehead atoms. The van der Waals surface area contributed by atoms with Crippen LogP contribution in [0.4, 0.5) is 0 Å². The molecule has 1 atom stereocenters. The third-order valence-corrected chi connectivity index (χ3v) is 3.92. The minimum absolute atomic E-state index is 0.0124. The van der Waals surface area contributed by atoms with Gasteiger partial charge in [-0.2, -0.15) is 0 Å². The average Bonchev–Trinajstić information content (AvgIpc) is 2.34. The number of ether oxygens (including phenoxy) is 1. The lowest BCUT2D eigenvalue weighted by Gasteiger charge is -2.46. The first-order valence-electron chi connectivity index (χ1n) is 6.35. The molecule has 1 aromatic rings. The van der Waals surface area contributed by atoms with Gasteiger partial charge in [0.15, 0.2) is 0 Å². The Morgan fingerprint density at radius 1 is 1.44 bits per heavy atom. The molecule has 1 aliphatic rings. The predicted octanol–water partition coefficient (Wildman–Crippen LogP) is 2.45. The van der Waals surface area contributed by atoms with Gasteiger partial charge >= 0.3 is 0 Å². The first-order chi connectivity index (χ1) is 8.56. The highest BCUT2D eigenvalue weighted by atomic mass is 35.5. The Labute approximate surface area is 114 Å². The van der Waals surface area contributed by atoms with E-state index >= 15 is 0 Å². The number of benzene rings is 1. The van der Waals surface area contributed by atoms with Crippen molar-refractivity contribution < 1.29 is 4.74 Å². The smallest absolute Gasteiger partial charge is 0.0645 e. The van der Waals surface area contributed by atoms with Gasteiger partial charge in [0.05, 0.1) is 13.2 Å². The van der Waals surface area contributed by atoms with E-state index in [-0.39, 0.29) is 11.6 Å². The summed E-state index contributed by atoms with van der Waals surface area (Å²) in [5.41, 5.74) is 7.08. The molecule has 1 unspecified atom stereocenters. The molecule has 1 aromatic carbocycles. The van der Waals surface area contributed by atoms with E-state index in [0.29, 0.717) is 6.54 Å². The van der Waals surface area contributed by atoms with E-state index in [2.05, 4.69) is 24.8 Å². The van der Waals surface area contributed by atoms with Crippen LogP contribution >= 0.6 is 11.6 Å². The van der Waals surface area contributed by atoms with E-state index in [9.17, 15) is 0 Å². The summed E-state index contributed by atoms with van der Waals surface area (Å²) in [5, 5.41) is 0.787. The topological polar surface area (TPSA) is 38.5 Å². The SMILES string of the molecule is CC1(C)COCCN1C(CN)c1ccccc1Cl. The summed E-state index contributed by atoms with van der Waals surface area (Å²) in [6.45, 7) is 7.31. The van der Waals surface area contributed by atoms with Gasteiger partial charge in [-0.3, -0.25) is 4.90 Å². The first kappa shape index (κ1) is 13.8. The standard InChI is InChI=1S/C14H21ClN2O/c1-14(2)10-18-8-7-17(14)13(9-16)11-5-3-4-6-12(11)15/h3-6,13H,7-10,16H2,1-2H3. The molecule has 0 saturated carbocycles. The molecule has 1 saturated heterocycles. The molecule has 0 spiro atoms. The molecular formula is C14H21ClN2O. The largest absolute Gasteiger partial charge is 0.378 e. The van der Waals surface area contributed by atoms with Gasteiger partial charge < -0.3 is 10.5 Å². The van der Waals surface area contributed by atoms with Gasteiger partial charge in [-0.1, -0.05) is 29.8 Å². The van der Waals surface area contributed by atoms with E-state index in [0.717, 1.165) is 30.3 Å². The van der Waals surface area contributed by atoms with E-state index in [1.165, 1.54) is 0 Å². The number of nitrogens with two attached hydrogens (primary N) is 1. The molecule has 2 rings (SSSR count). The summed E-state index contributed by atoms with van der Waals surface area (Å²) in [7, 11) is 0. The second-order valence-corrected chi connectivity index (χ2v) is 5.74. The highest BCUT2D eigenvalue weighted by molar-refractivity contribution is 6.31. The quantitative estimate of drug-likeness (QED) is 0.915. The molecular weight excluding hydrogens is 248 g/mol. The molecule has 1 aliphatic heterocycles. The fraction of sp³-hybridized carbons (Fsp3) is 0.571. The summed E-state index contributed by atoms with van der Waals surface area (Å²) in [5.74, 6) is 0. The third kappa shape index (κ3) is 2.69. The van der Waals surface area contributed by atoms with Gasteiger partial charge in [0.1, 0.15) is 0 Å². The molecule has 4 heteroatoms. The van der Waals surface area contributed by atoms with Crippen LogP contribution in [-0.2, 0) is 4.74 Å². The van der Waals surface area contributed by atoms with Crippen molar-refractivity contribution in [2.75, 3.05) is 26.3 Å². The first-order valence-corrected chi connectivity index (χ1v) is 6.73. The molecule has 0 amide bonds. The second-order valence-electron chi connectivity index (χ2n) is 5.33. The lowest BCUT2D eigenvalue weighted by molar-refractivity contribution is -0.0712. The molecule has 1 fully saturated rings. The van der Waals surface area contributed by atoms with Crippen LogP contribution in [0.3, 0.4) is 0 Å². The van der Waals surface area contributed by atoms with Crippen LogP contribution in [0, 0.1) is 0 Å². The molecule has 1 heterocycles. The molecule has 0 aliphatic carbocycles. The van der Waals surface area contributed by atoms with Gasteiger partial charge in [-0.05, 0) is 25.5 Å². The van der Waals surface area contributed by atoms with Crippen molar-refractivity contribution in [1.29, 1.82) is 0 Å². The summed E-state index contributed by atoms with van der Waals surface area (Å²) in [6.07, 6.45) is 0. The van der Waals surface area contributed by atoms with Crippen molar-refractivity contribution in [3.05, 3.63) is 34.9 Å². The lowest BCUT2D eigenvalue weighted by atomic mass is 9.95. The van der Waals surface area contributed by atoms with Crippen LogP contribution in [0.2, 0.25) is 5.02 Å². The molecule has 100 valence electrons. The maximum Gasteiger partial charge on any atom is 0.0645 e. The summed E-state index contributed by atoms with van der Waals surface area (Å²) < 4.78 is 5.56. The Morgan fingerprint density at radius 3 is 2.78 bits per heavy atom. The van der Waals surface area contributed by atoms with Gasteiger partial charge in [-0.25, -0.2) is 0 Å². The van der Waals surface area contributed by atoms with Crippen LogP contribution in [0.5, 0.6) is 0 Å². The van der Waals surface area contributed by atoms with Crippen LogP contribution in [0.15, 0.2) is 24.3 Å². The zero-order valence-electron chi connectivity index (χ0n) is 11.0. The van der Waals surface area contributed by atoms with E-state index in [1.54, 1.807) is 0 Å². The van der Waals surface area contributed by atoms with Crippen LogP contribution in [0.25, 0.3) is 0 Å². The Balaban J connectivity index is 2.31. The van der Waals surface area contributed by atoms with Crippen LogP contribution < -0.4 is 5.73 Å². The van der Waals surface area contributed by atoms with E-state index in [4.69, 9.17) is 22.1 Å². The number of nitrogens with zero attached hydrogens (tertiary/aromatic N) is 1. The predicted molar refractivity (Wildman–Crippen MR) is 74.9 cm³/mol. The Hall–Kier alpha value is -0.610. The maximum atomic E-state index is 6.30. The lowest BCUT2D eigenvalue weighted by Crippen LogP contribution is -2.55. The fourth-order valence-corrected chi connectivity index (χ4v) is 2.88. The highest BCUT2D eigenvalue weighted by Crippen LogP contribution is 2.33. The van der Waals surface area contributed by atoms with Gasteiger partial charge in [0, 0.05) is 29.7 Å². The Morgan fingerprint density at radius 2 is 2.17 bits per heavy atom. The zero-order chi connectivity index (χ0) is 13.2. The van der Waals surface area contributed by atoms with Gasteiger partial charge in [0.25, 0.3) is 0 Å². The van der Waals surface area contributed by atoms with Gasteiger partial charge in [-0.15, -0.1) is 0 Å². The number of morpholine rings is 1. The molecule has 18 heavy (non-hydrogen) atoms. The number of rotatable bonds is 3. The molecule has 2 N–H and O–H groups in total. The van der Waals surface area contributed by atoms with Crippen LogP contribution in [0.1, 0.15) is 25.5 Å². The third-order valence-electron chi connectivity index (χ3n) is 3.57. The average molecular weight is 269 g/mol. The Bertz CT molecular complexity index is 409. The molecule has 0 radical (unpaired) electrons. The number of hydrogen-bond acceptors (Lipinski definition) is 3. The Kier molecular flexibility index (Phi) is 4.28. The monoisotopic (exact) mass is 268 g/mol. The van der Waals surface area contributed by atoms with Crippen molar-refractivity contribution >= 4 is 11.6 Å². The van der Waals surface area contributed by atoms with E-state index < -0.39 is 0 Å².